The van der Waals surface area contributed by atoms with Gasteiger partial charge in [-0.25, -0.2) is 0 Å². The molecule has 0 bridgehead atoms. The standard InChI is InChI=1S/C13H14ClN3O2/c1-7-12(8(2)17-16-7)13(18)15-11-6-9(19-3)4-5-10(11)14/h4-6H,1-3H3,(H,15,18)(H,16,17). The van der Waals surface area contributed by atoms with E-state index in [1.165, 1.54) is 0 Å². The van der Waals surface area contributed by atoms with Gasteiger partial charge in [0.25, 0.3) is 5.91 Å². The van der Waals surface area contributed by atoms with Crippen LogP contribution in [0.3, 0.4) is 0 Å². The van der Waals surface area contributed by atoms with E-state index in [9.17, 15) is 4.79 Å². The third-order valence-corrected chi connectivity index (χ3v) is 3.11. The van der Waals surface area contributed by atoms with Gasteiger partial charge in [0, 0.05) is 11.8 Å². The lowest BCUT2D eigenvalue weighted by Crippen LogP contribution is -2.14. The summed E-state index contributed by atoms with van der Waals surface area (Å²) in [7, 11) is 1.55. The minimum atomic E-state index is -0.251. The predicted octanol–water partition coefficient (Wildman–Crippen LogP) is 2.94. The van der Waals surface area contributed by atoms with Gasteiger partial charge in [0.15, 0.2) is 0 Å². The van der Waals surface area contributed by atoms with E-state index in [0.717, 1.165) is 0 Å². The van der Waals surface area contributed by atoms with Crippen LogP contribution >= 0.6 is 11.6 Å². The van der Waals surface area contributed by atoms with Gasteiger partial charge in [-0.3, -0.25) is 9.89 Å². The van der Waals surface area contributed by atoms with Gasteiger partial charge in [-0.2, -0.15) is 5.10 Å². The molecular formula is C13H14ClN3O2. The van der Waals surface area contributed by atoms with E-state index in [1.807, 2.05) is 0 Å². The number of carbonyl (C=O) groups excluding carboxylic acids is 1. The molecule has 0 aliphatic carbocycles. The van der Waals surface area contributed by atoms with E-state index in [1.54, 1.807) is 39.2 Å². The molecule has 1 heterocycles. The molecule has 19 heavy (non-hydrogen) atoms. The van der Waals surface area contributed by atoms with Crippen molar-refractivity contribution in [1.82, 2.24) is 10.2 Å². The summed E-state index contributed by atoms with van der Waals surface area (Å²) < 4.78 is 5.10. The zero-order valence-corrected chi connectivity index (χ0v) is 11.6. The van der Waals surface area contributed by atoms with E-state index >= 15 is 0 Å². The molecule has 0 fully saturated rings. The quantitative estimate of drug-likeness (QED) is 0.908. The predicted molar refractivity (Wildman–Crippen MR) is 74.0 cm³/mol. The van der Waals surface area contributed by atoms with Crippen LogP contribution < -0.4 is 10.1 Å². The van der Waals surface area contributed by atoms with Crippen LogP contribution in [0.15, 0.2) is 18.2 Å². The normalized spacial score (nSPS) is 10.3. The molecular weight excluding hydrogens is 266 g/mol. The van der Waals surface area contributed by atoms with Crippen LogP contribution in [-0.4, -0.2) is 23.2 Å². The minimum absolute atomic E-state index is 0.251. The second-order valence-electron chi connectivity index (χ2n) is 4.11. The third-order valence-electron chi connectivity index (χ3n) is 2.78. The Morgan fingerprint density at radius 3 is 2.74 bits per heavy atom. The van der Waals surface area contributed by atoms with Crippen molar-refractivity contribution in [3.63, 3.8) is 0 Å². The molecule has 0 unspecified atom stereocenters. The highest BCUT2D eigenvalue weighted by molar-refractivity contribution is 6.34. The number of nitrogens with one attached hydrogen (secondary N) is 2. The summed E-state index contributed by atoms with van der Waals surface area (Å²) in [5, 5.41) is 9.97. The average molecular weight is 280 g/mol. The van der Waals surface area contributed by atoms with Gasteiger partial charge in [-0.05, 0) is 26.0 Å². The summed E-state index contributed by atoms with van der Waals surface area (Å²) >= 11 is 6.04. The van der Waals surface area contributed by atoms with Crippen LogP contribution in [0.2, 0.25) is 5.02 Å². The molecule has 0 atom stereocenters. The van der Waals surface area contributed by atoms with Crippen molar-refractivity contribution >= 4 is 23.2 Å². The summed E-state index contributed by atoms with van der Waals surface area (Å²) in [5.41, 5.74) is 2.40. The SMILES string of the molecule is COc1ccc(Cl)c(NC(=O)c2c(C)n[nH]c2C)c1. The van der Waals surface area contributed by atoms with Crippen molar-refractivity contribution in [2.75, 3.05) is 12.4 Å². The van der Waals surface area contributed by atoms with Crippen molar-refractivity contribution in [1.29, 1.82) is 0 Å². The average Bonchev–Trinajstić information content (AvgIpc) is 2.71. The number of aryl methyl sites for hydroxylation is 2. The summed E-state index contributed by atoms with van der Waals surface area (Å²) in [6.45, 7) is 3.56. The highest BCUT2D eigenvalue weighted by Gasteiger charge is 2.16. The molecule has 0 aliphatic rings. The highest BCUT2D eigenvalue weighted by atomic mass is 35.5. The molecule has 1 aromatic heterocycles. The van der Waals surface area contributed by atoms with Crippen LogP contribution in [-0.2, 0) is 0 Å². The maximum atomic E-state index is 12.2. The number of anilines is 1. The van der Waals surface area contributed by atoms with Crippen LogP contribution in [0.4, 0.5) is 5.69 Å². The fraction of sp³-hybridized carbons (Fsp3) is 0.231. The molecule has 1 aromatic carbocycles. The lowest BCUT2D eigenvalue weighted by molar-refractivity contribution is 0.102. The number of rotatable bonds is 3. The molecule has 6 heteroatoms. The molecule has 0 spiro atoms. The zero-order chi connectivity index (χ0) is 14.0. The Morgan fingerprint density at radius 2 is 2.16 bits per heavy atom. The second kappa shape index (κ2) is 5.32. The number of halogens is 1. The highest BCUT2D eigenvalue weighted by Crippen LogP contribution is 2.27. The van der Waals surface area contributed by atoms with Gasteiger partial charge < -0.3 is 10.1 Å². The lowest BCUT2D eigenvalue weighted by Gasteiger charge is -2.09. The first-order valence-corrected chi connectivity index (χ1v) is 6.07. The number of H-pyrrole nitrogens is 1. The number of carbonyl (C=O) groups is 1. The van der Waals surface area contributed by atoms with Gasteiger partial charge in [0.1, 0.15) is 5.75 Å². The Morgan fingerprint density at radius 1 is 1.42 bits per heavy atom. The van der Waals surface area contributed by atoms with Crippen LogP contribution in [0.1, 0.15) is 21.7 Å². The van der Waals surface area contributed by atoms with Crippen LogP contribution in [0.25, 0.3) is 0 Å². The van der Waals surface area contributed by atoms with Gasteiger partial charge in [-0.15, -0.1) is 0 Å². The fourth-order valence-electron chi connectivity index (χ4n) is 1.80. The topological polar surface area (TPSA) is 67.0 Å². The van der Waals surface area contributed by atoms with Gasteiger partial charge >= 0.3 is 0 Å². The Balaban J connectivity index is 2.29. The minimum Gasteiger partial charge on any atom is -0.497 e. The Hall–Kier alpha value is -2.01. The second-order valence-corrected chi connectivity index (χ2v) is 4.52. The Bertz CT molecular complexity index is 603. The lowest BCUT2D eigenvalue weighted by atomic mass is 10.2. The number of amides is 1. The fourth-order valence-corrected chi connectivity index (χ4v) is 1.96. The van der Waals surface area contributed by atoms with Crippen molar-refractivity contribution in [2.45, 2.75) is 13.8 Å². The van der Waals surface area contributed by atoms with Gasteiger partial charge in [0.05, 0.1) is 29.1 Å². The van der Waals surface area contributed by atoms with E-state index in [-0.39, 0.29) is 5.91 Å². The number of ether oxygens (including phenoxy) is 1. The molecule has 1 amide bonds. The van der Waals surface area contributed by atoms with Gasteiger partial charge in [-0.1, -0.05) is 11.6 Å². The number of benzene rings is 1. The summed E-state index contributed by atoms with van der Waals surface area (Å²) in [6.07, 6.45) is 0. The molecule has 2 N–H and O–H groups in total. The van der Waals surface area contributed by atoms with E-state index in [4.69, 9.17) is 16.3 Å². The summed E-state index contributed by atoms with van der Waals surface area (Å²) in [6, 6.07) is 5.07. The summed E-state index contributed by atoms with van der Waals surface area (Å²) in [4.78, 5) is 12.2. The van der Waals surface area contributed by atoms with Crippen LogP contribution in [0, 0.1) is 13.8 Å². The molecule has 0 saturated carbocycles. The Labute approximate surface area is 115 Å². The van der Waals surface area contributed by atoms with Crippen molar-refractivity contribution < 1.29 is 9.53 Å². The van der Waals surface area contributed by atoms with E-state index in [0.29, 0.717) is 33.4 Å². The number of hydrogen-bond acceptors (Lipinski definition) is 3. The summed E-state index contributed by atoms with van der Waals surface area (Å²) in [5.74, 6) is 0.374. The van der Waals surface area contributed by atoms with Crippen molar-refractivity contribution in [2.24, 2.45) is 0 Å². The first kappa shape index (κ1) is 13.4. The maximum absolute atomic E-state index is 12.2. The van der Waals surface area contributed by atoms with Crippen molar-refractivity contribution in [3.05, 3.63) is 40.2 Å². The zero-order valence-electron chi connectivity index (χ0n) is 10.9. The van der Waals surface area contributed by atoms with Gasteiger partial charge in [0.2, 0.25) is 0 Å². The monoisotopic (exact) mass is 279 g/mol. The molecule has 100 valence electrons. The molecule has 2 rings (SSSR count). The number of nitrogens with zero attached hydrogens (tertiary/aromatic N) is 1. The molecule has 0 saturated heterocycles. The first-order valence-electron chi connectivity index (χ1n) is 5.69. The molecule has 0 aliphatic heterocycles. The number of methoxy groups -OCH3 is 1. The number of aromatic nitrogens is 2. The Kier molecular flexibility index (Phi) is 3.76. The van der Waals surface area contributed by atoms with Crippen LogP contribution in [0.5, 0.6) is 5.75 Å². The third kappa shape index (κ3) is 2.71. The largest absolute Gasteiger partial charge is 0.497 e. The van der Waals surface area contributed by atoms with E-state index in [2.05, 4.69) is 15.5 Å². The molecule has 5 nitrogen and oxygen atoms in total. The maximum Gasteiger partial charge on any atom is 0.259 e. The van der Waals surface area contributed by atoms with E-state index < -0.39 is 0 Å². The number of aromatic amines is 1. The molecule has 0 radical (unpaired) electrons. The number of hydrogen-bond donors (Lipinski definition) is 2. The molecule has 2 aromatic rings. The van der Waals surface area contributed by atoms with Crippen molar-refractivity contribution in [3.8, 4) is 5.75 Å². The first-order chi connectivity index (χ1) is 9.02. The smallest absolute Gasteiger partial charge is 0.259 e.